The second-order valence-corrected chi connectivity index (χ2v) is 3.34. The van der Waals surface area contributed by atoms with Crippen molar-refractivity contribution >= 4 is 8.25 Å². The highest BCUT2D eigenvalue weighted by Gasteiger charge is 1.95. The lowest BCUT2D eigenvalue weighted by atomic mass is 10.0. The van der Waals surface area contributed by atoms with Crippen LogP contribution in [0.3, 0.4) is 0 Å². The first kappa shape index (κ1) is 12.8. The molecular formula is C6H17O3P. The van der Waals surface area contributed by atoms with Gasteiger partial charge in [0.15, 0.2) is 0 Å². The van der Waals surface area contributed by atoms with Crippen molar-refractivity contribution in [3.63, 3.8) is 0 Å². The largest absolute Gasteiger partial charge is 0.326 e. The van der Waals surface area contributed by atoms with Gasteiger partial charge in [0, 0.05) is 0 Å². The molecule has 0 aliphatic carbocycles. The lowest BCUT2D eigenvalue weighted by Gasteiger charge is -2.05. The van der Waals surface area contributed by atoms with Crippen LogP contribution in [0.2, 0.25) is 0 Å². The Balaban J connectivity index is 0. The summed E-state index contributed by atoms with van der Waals surface area (Å²) in [4.78, 5) is 14.3. The smallest absolute Gasteiger partial charge is 0.314 e. The molecule has 0 saturated heterocycles. The van der Waals surface area contributed by atoms with E-state index in [0.29, 0.717) is 0 Å². The van der Waals surface area contributed by atoms with E-state index in [1.807, 2.05) is 0 Å². The van der Waals surface area contributed by atoms with Crippen LogP contribution in [0.5, 0.6) is 0 Å². The van der Waals surface area contributed by atoms with E-state index in [9.17, 15) is 0 Å². The molecule has 3 nitrogen and oxygen atoms in total. The Morgan fingerprint density at radius 3 is 1.10 bits per heavy atom. The monoisotopic (exact) mass is 168 g/mol. The van der Waals surface area contributed by atoms with Gasteiger partial charge < -0.3 is 9.79 Å². The van der Waals surface area contributed by atoms with E-state index in [4.69, 9.17) is 14.4 Å². The third-order valence-electron chi connectivity index (χ3n) is 1.33. The molecule has 0 aromatic rings. The molecule has 0 aromatic heterocycles. The summed E-state index contributed by atoms with van der Waals surface area (Å²) in [5.74, 6) is 1.70. The van der Waals surface area contributed by atoms with E-state index in [0.717, 1.165) is 11.8 Å². The van der Waals surface area contributed by atoms with Gasteiger partial charge in [0.05, 0.1) is 0 Å². The molecule has 0 fully saturated rings. The van der Waals surface area contributed by atoms with Crippen LogP contribution in [0, 0.1) is 11.8 Å². The zero-order chi connectivity index (χ0) is 8.73. The molecular weight excluding hydrogens is 151 g/mol. The van der Waals surface area contributed by atoms with Crippen molar-refractivity contribution < 1.29 is 14.4 Å². The molecule has 0 radical (unpaired) electrons. The highest BCUT2D eigenvalue weighted by molar-refractivity contribution is 7.30. The van der Waals surface area contributed by atoms with Gasteiger partial charge in [-0.1, -0.05) is 27.7 Å². The molecule has 0 atom stereocenters. The first-order chi connectivity index (χ1) is 4.37. The number of hydrogen-bond donors (Lipinski definition) is 2. The molecule has 0 amide bonds. The van der Waals surface area contributed by atoms with Crippen molar-refractivity contribution in [2.45, 2.75) is 27.7 Å². The number of hydrogen-bond acceptors (Lipinski definition) is 1. The van der Waals surface area contributed by atoms with Crippen LogP contribution in [-0.2, 0) is 4.57 Å². The topological polar surface area (TPSA) is 57.5 Å². The fourth-order valence-corrected chi connectivity index (χ4v) is 0. The summed E-state index contributed by atoms with van der Waals surface area (Å²) in [5, 5.41) is 0. The summed E-state index contributed by atoms with van der Waals surface area (Å²) >= 11 is 0. The standard InChI is InChI=1S/C6H14.H3O3P/c1-5(2)6(3)4;1-4(2)3/h5-6H,1-4H3;4H,(H2,1,2,3). The Morgan fingerprint density at radius 2 is 1.10 bits per heavy atom. The van der Waals surface area contributed by atoms with Gasteiger partial charge in [-0.25, -0.2) is 0 Å². The molecule has 4 heteroatoms. The van der Waals surface area contributed by atoms with E-state index >= 15 is 0 Å². The predicted molar refractivity (Wildman–Crippen MR) is 43.1 cm³/mol. The first-order valence-electron chi connectivity index (χ1n) is 3.29. The normalized spacial score (nSPS) is 10.1. The average Bonchev–Trinajstić information content (AvgIpc) is 1.63. The maximum atomic E-state index is 8.74. The summed E-state index contributed by atoms with van der Waals surface area (Å²) in [6.07, 6.45) is 0. The molecule has 0 saturated carbocycles. The van der Waals surface area contributed by atoms with Gasteiger partial charge in [-0.2, -0.15) is 0 Å². The second kappa shape index (κ2) is 7.26. The highest BCUT2D eigenvalue weighted by atomic mass is 31.1. The van der Waals surface area contributed by atoms with Gasteiger partial charge in [-0.05, 0) is 11.8 Å². The van der Waals surface area contributed by atoms with Crippen molar-refractivity contribution in [2.24, 2.45) is 11.8 Å². The Labute approximate surface area is 63.0 Å². The minimum Gasteiger partial charge on any atom is -0.326 e. The molecule has 0 aromatic carbocycles. The van der Waals surface area contributed by atoms with Crippen molar-refractivity contribution in [1.82, 2.24) is 0 Å². The van der Waals surface area contributed by atoms with E-state index in [-0.39, 0.29) is 0 Å². The molecule has 10 heavy (non-hydrogen) atoms. The zero-order valence-electron chi connectivity index (χ0n) is 6.96. The lowest BCUT2D eigenvalue weighted by Crippen LogP contribution is -1.95. The van der Waals surface area contributed by atoms with Crippen molar-refractivity contribution in [1.29, 1.82) is 0 Å². The molecule has 0 spiro atoms. The van der Waals surface area contributed by atoms with Gasteiger partial charge in [-0.3, -0.25) is 4.57 Å². The Morgan fingerprint density at radius 1 is 1.00 bits per heavy atom. The van der Waals surface area contributed by atoms with Crippen LogP contribution in [0.1, 0.15) is 27.7 Å². The maximum absolute atomic E-state index is 8.74. The summed E-state index contributed by atoms with van der Waals surface area (Å²) in [7, 11) is -3.13. The summed E-state index contributed by atoms with van der Waals surface area (Å²) < 4.78 is 8.74. The second-order valence-electron chi connectivity index (χ2n) is 2.77. The van der Waals surface area contributed by atoms with Crippen LogP contribution in [0.15, 0.2) is 0 Å². The Bertz CT molecular complexity index is 81.0. The fraction of sp³-hybridized carbons (Fsp3) is 1.00. The molecule has 64 valence electrons. The third-order valence-corrected chi connectivity index (χ3v) is 1.33. The molecule has 0 unspecified atom stereocenters. The molecule has 0 aliphatic rings. The summed E-state index contributed by atoms with van der Waals surface area (Å²) in [6.45, 7) is 8.96. The van der Waals surface area contributed by atoms with E-state index < -0.39 is 8.25 Å². The van der Waals surface area contributed by atoms with Gasteiger partial charge in [0.25, 0.3) is 0 Å². The van der Waals surface area contributed by atoms with Gasteiger partial charge in [0.1, 0.15) is 0 Å². The van der Waals surface area contributed by atoms with Gasteiger partial charge in [-0.15, -0.1) is 0 Å². The van der Waals surface area contributed by atoms with Crippen molar-refractivity contribution in [3.8, 4) is 0 Å². The van der Waals surface area contributed by atoms with Crippen LogP contribution >= 0.6 is 8.25 Å². The molecule has 2 N–H and O–H groups in total. The molecule has 0 rings (SSSR count). The summed E-state index contributed by atoms with van der Waals surface area (Å²) in [6, 6.07) is 0. The maximum Gasteiger partial charge on any atom is 0.314 e. The van der Waals surface area contributed by atoms with Crippen LogP contribution in [0.4, 0.5) is 0 Å². The van der Waals surface area contributed by atoms with Gasteiger partial charge >= 0.3 is 8.25 Å². The van der Waals surface area contributed by atoms with Crippen molar-refractivity contribution in [3.05, 3.63) is 0 Å². The quantitative estimate of drug-likeness (QED) is 0.585. The Hall–Kier alpha value is 0.150. The lowest BCUT2D eigenvalue weighted by molar-refractivity contribution is 0.405. The van der Waals surface area contributed by atoms with E-state index in [1.165, 1.54) is 0 Å². The SMILES string of the molecule is CC(C)C(C)C.O=[PH](O)O. The molecule has 0 aliphatic heterocycles. The average molecular weight is 168 g/mol. The predicted octanol–water partition coefficient (Wildman–Crippen LogP) is 1.66. The van der Waals surface area contributed by atoms with Crippen LogP contribution < -0.4 is 0 Å². The molecule has 0 heterocycles. The minimum absolute atomic E-state index is 0.852. The van der Waals surface area contributed by atoms with Crippen LogP contribution in [0.25, 0.3) is 0 Å². The van der Waals surface area contributed by atoms with Gasteiger partial charge in [0.2, 0.25) is 0 Å². The number of rotatable bonds is 1. The van der Waals surface area contributed by atoms with E-state index in [1.54, 1.807) is 0 Å². The fourth-order valence-electron chi connectivity index (χ4n) is 0. The summed E-state index contributed by atoms with van der Waals surface area (Å²) in [5.41, 5.74) is 0. The third kappa shape index (κ3) is 24.2. The van der Waals surface area contributed by atoms with Crippen LogP contribution in [-0.4, -0.2) is 9.79 Å². The minimum atomic E-state index is -3.13. The first-order valence-corrected chi connectivity index (χ1v) is 4.60. The van der Waals surface area contributed by atoms with Crippen molar-refractivity contribution in [2.75, 3.05) is 0 Å². The van der Waals surface area contributed by atoms with E-state index in [2.05, 4.69) is 27.7 Å². The zero-order valence-corrected chi connectivity index (χ0v) is 7.96. The Kier molecular flexibility index (Phi) is 9.29. The highest BCUT2D eigenvalue weighted by Crippen LogP contribution is 2.05. The molecule has 0 bridgehead atoms.